The third-order valence-electron chi connectivity index (χ3n) is 5.35. The summed E-state index contributed by atoms with van der Waals surface area (Å²) in [5.41, 5.74) is 1.77. The van der Waals surface area contributed by atoms with E-state index in [9.17, 15) is 9.59 Å². The Labute approximate surface area is 211 Å². The predicted molar refractivity (Wildman–Crippen MR) is 138 cm³/mol. The lowest BCUT2D eigenvalue weighted by Crippen LogP contribution is -2.29. The largest absolute Gasteiger partial charge is 0.493 e. The second-order valence-corrected chi connectivity index (χ2v) is 9.53. The van der Waals surface area contributed by atoms with Crippen LogP contribution in [0.1, 0.15) is 17.5 Å². The molecule has 0 N–H and O–H groups in total. The summed E-state index contributed by atoms with van der Waals surface area (Å²) in [6, 6.07) is 18.0. The maximum absolute atomic E-state index is 12.7. The lowest BCUT2D eigenvalue weighted by Gasteiger charge is -2.14. The van der Waals surface area contributed by atoms with E-state index in [1.807, 2.05) is 24.3 Å². The Morgan fingerprint density at radius 1 is 1.03 bits per heavy atom. The Balaban J connectivity index is 1.51. The summed E-state index contributed by atoms with van der Waals surface area (Å²) >= 11 is 4.50. The average molecular weight is 542 g/mol. The van der Waals surface area contributed by atoms with E-state index in [4.69, 9.17) is 14.2 Å². The quantitative estimate of drug-likeness (QED) is 0.235. The minimum Gasteiger partial charge on any atom is -0.493 e. The second-order valence-electron chi connectivity index (χ2n) is 7.68. The summed E-state index contributed by atoms with van der Waals surface area (Å²) in [7, 11) is 3.16. The highest BCUT2D eigenvalue weighted by Crippen LogP contribution is 2.39. The number of imide groups is 1. The van der Waals surface area contributed by atoms with Gasteiger partial charge >= 0.3 is 0 Å². The highest BCUT2D eigenvalue weighted by Gasteiger charge is 2.34. The molecular formula is C26H24BrNO5S. The molecule has 0 unspecified atom stereocenters. The van der Waals surface area contributed by atoms with E-state index in [0.717, 1.165) is 28.3 Å². The smallest absolute Gasteiger partial charge is 0.293 e. The molecule has 1 fully saturated rings. The number of amides is 2. The van der Waals surface area contributed by atoms with Crippen LogP contribution in [-0.4, -0.2) is 43.4 Å². The number of thioether (sulfide) groups is 1. The summed E-state index contributed by atoms with van der Waals surface area (Å²) in [5, 5.41) is 2.06. The minimum atomic E-state index is -0.294. The van der Waals surface area contributed by atoms with Crippen LogP contribution in [0.2, 0.25) is 0 Å². The van der Waals surface area contributed by atoms with Gasteiger partial charge in [-0.05, 0) is 80.3 Å². The van der Waals surface area contributed by atoms with E-state index in [1.54, 1.807) is 26.4 Å². The predicted octanol–water partition coefficient (Wildman–Crippen LogP) is 6.26. The summed E-state index contributed by atoms with van der Waals surface area (Å²) in [5.74, 6) is 0.805. The van der Waals surface area contributed by atoms with Gasteiger partial charge in [0, 0.05) is 20.3 Å². The van der Waals surface area contributed by atoms with E-state index in [-0.39, 0.29) is 11.1 Å². The molecule has 0 spiro atoms. The van der Waals surface area contributed by atoms with Gasteiger partial charge in [0.1, 0.15) is 6.61 Å². The highest BCUT2D eigenvalue weighted by molar-refractivity contribution is 9.10. The van der Waals surface area contributed by atoms with Crippen molar-refractivity contribution < 1.29 is 23.8 Å². The SMILES string of the molecule is COCCCN1C(=O)S/C(=C/c2cc(Br)c(OCc3ccc4ccccc4c3)c(OC)c2)C1=O. The molecule has 34 heavy (non-hydrogen) atoms. The zero-order valence-corrected chi connectivity index (χ0v) is 21.3. The number of halogens is 1. The summed E-state index contributed by atoms with van der Waals surface area (Å²) in [4.78, 5) is 26.6. The third kappa shape index (κ3) is 5.46. The molecule has 1 aliphatic rings. The number of ether oxygens (including phenoxy) is 3. The molecule has 0 aliphatic carbocycles. The molecule has 176 valence electrons. The Kier molecular flexibility index (Phi) is 7.92. The fourth-order valence-corrected chi connectivity index (χ4v) is 5.10. The van der Waals surface area contributed by atoms with Crippen LogP contribution >= 0.6 is 27.7 Å². The Morgan fingerprint density at radius 2 is 1.82 bits per heavy atom. The van der Waals surface area contributed by atoms with E-state index in [0.29, 0.717) is 47.1 Å². The van der Waals surface area contributed by atoms with Crippen molar-refractivity contribution in [1.29, 1.82) is 0 Å². The first-order chi connectivity index (χ1) is 16.5. The molecule has 0 saturated carbocycles. The molecule has 0 aromatic heterocycles. The van der Waals surface area contributed by atoms with Gasteiger partial charge in [-0.15, -0.1) is 0 Å². The normalized spacial score (nSPS) is 14.9. The van der Waals surface area contributed by atoms with E-state index in [1.165, 1.54) is 10.3 Å². The Bertz CT molecular complexity index is 1260. The molecule has 1 saturated heterocycles. The molecule has 0 bridgehead atoms. The molecular weight excluding hydrogens is 518 g/mol. The average Bonchev–Trinajstić information content (AvgIpc) is 3.10. The van der Waals surface area contributed by atoms with Crippen molar-refractivity contribution >= 4 is 55.7 Å². The van der Waals surface area contributed by atoms with Gasteiger partial charge in [0.05, 0.1) is 16.5 Å². The number of nitrogens with zero attached hydrogens (tertiary/aromatic N) is 1. The van der Waals surface area contributed by atoms with Crippen molar-refractivity contribution in [3.05, 3.63) is 75.1 Å². The first kappa shape index (κ1) is 24.3. The zero-order chi connectivity index (χ0) is 24.1. The van der Waals surface area contributed by atoms with Crippen LogP contribution in [0.15, 0.2) is 64.0 Å². The molecule has 8 heteroatoms. The van der Waals surface area contributed by atoms with Crippen LogP contribution in [0.3, 0.4) is 0 Å². The lowest BCUT2D eigenvalue weighted by atomic mass is 10.1. The Hall–Kier alpha value is -2.81. The van der Waals surface area contributed by atoms with Crippen LogP contribution in [0.25, 0.3) is 16.8 Å². The first-order valence-electron chi connectivity index (χ1n) is 10.7. The minimum absolute atomic E-state index is 0.270. The van der Waals surface area contributed by atoms with Gasteiger partial charge < -0.3 is 14.2 Å². The van der Waals surface area contributed by atoms with Crippen LogP contribution in [0, 0.1) is 0 Å². The number of carbonyl (C=O) groups excluding carboxylic acids is 2. The maximum atomic E-state index is 12.7. The Morgan fingerprint density at radius 3 is 2.59 bits per heavy atom. The van der Waals surface area contributed by atoms with Crippen LogP contribution in [0.4, 0.5) is 4.79 Å². The monoisotopic (exact) mass is 541 g/mol. The maximum Gasteiger partial charge on any atom is 0.293 e. The van der Waals surface area contributed by atoms with E-state index in [2.05, 4.69) is 40.2 Å². The fourth-order valence-electron chi connectivity index (χ4n) is 3.66. The summed E-state index contributed by atoms with van der Waals surface area (Å²) < 4.78 is 17.3. The molecule has 4 rings (SSSR count). The fraction of sp³-hybridized carbons (Fsp3) is 0.231. The molecule has 1 aliphatic heterocycles. The summed E-state index contributed by atoms with van der Waals surface area (Å²) in [6.07, 6.45) is 2.30. The van der Waals surface area contributed by atoms with Gasteiger partial charge in [-0.1, -0.05) is 36.4 Å². The van der Waals surface area contributed by atoms with E-state index < -0.39 is 0 Å². The molecule has 2 amide bonds. The molecule has 0 atom stereocenters. The second kappa shape index (κ2) is 11.1. The number of methoxy groups -OCH3 is 2. The highest BCUT2D eigenvalue weighted by atomic mass is 79.9. The van der Waals surface area contributed by atoms with Crippen LogP contribution < -0.4 is 9.47 Å². The van der Waals surface area contributed by atoms with Crippen molar-refractivity contribution in [2.24, 2.45) is 0 Å². The zero-order valence-electron chi connectivity index (χ0n) is 18.9. The number of hydrogen-bond donors (Lipinski definition) is 0. The third-order valence-corrected chi connectivity index (χ3v) is 6.85. The number of rotatable bonds is 9. The molecule has 3 aromatic carbocycles. The van der Waals surface area contributed by atoms with Crippen molar-refractivity contribution in [2.45, 2.75) is 13.0 Å². The van der Waals surface area contributed by atoms with Crippen LogP contribution in [-0.2, 0) is 16.1 Å². The lowest BCUT2D eigenvalue weighted by molar-refractivity contribution is -0.122. The van der Waals surface area contributed by atoms with E-state index >= 15 is 0 Å². The number of fused-ring (bicyclic) bond motifs is 1. The van der Waals surface area contributed by atoms with Gasteiger partial charge in [0.15, 0.2) is 11.5 Å². The van der Waals surface area contributed by atoms with Crippen molar-refractivity contribution in [1.82, 2.24) is 4.90 Å². The molecule has 6 nitrogen and oxygen atoms in total. The van der Waals surface area contributed by atoms with Gasteiger partial charge in [0.2, 0.25) is 0 Å². The molecule has 0 radical (unpaired) electrons. The summed E-state index contributed by atoms with van der Waals surface area (Å²) in [6.45, 7) is 1.20. The van der Waals surface area contributed by atoms with Gasteiger partial charge in [-0.25, -0.2) is 0 Å². The number of hydrogen-bond acceptors (Lipinski definition) is 6. The topological polar surface area (TPSA) is 65.1 Å². The standard InChI is InChI=1S/C26H24BrNO5S/c1-31-11-5-10-28-25(29)23(34-26(28)30)15-18-13-21(27)24(22(14-18)32-2)33-16-17-8-9-19-6-3-4-7-20(19)12-17/h3-4,6-9,12-15H,5,10-11,16H2,1-2H3/b23-15+. The van der Waals surface area contributed by atoms with Gasteiger partial charge in [-0.3, -0.25) is 14.5 Å². The first-order valence-corrected chi connectivity index (χ1v) is 12.3. The molecule has 1 heterocycles. The van der Waals surface area contributed by atoms with Gasteiger partial charge in [0.25, 0.3) is 11.1 Å². The molecule has 3 aromatic rings. The van der Waals surface area contributed by atoms with Crippen molar-refractivity contribution in [2.75, 3.05) is 27.4 Å². The number of carbonyl (C=O) groups is 2. The van der Waals surface area contributed by atoms with Crippen LogP contribution in [0.5, 0.6) is 11.5 Å². The number of benzene rings is 3. The van der Waals surface area contributed by atoms with Crippen molar-refractivity contribution in [3.63, 3.8) is 0 Å². The van der Waals surface area contributed by atoms with Crippen molar-refractivity contribution in [3.8, 4) is 11.5 Å². The van der Waals surface area contributed by atoms with Gasteiger partial charge in [-0.2, -0.15) is 0 Å².